The number of rotatable bonds is 1. The zero-order valence-corrected chi connectivity index (χ0v) is 11.3. The summed E-state index contributed by atoms with van der Waals surface area (Å²) < 4.78 is 1.06. The molecule has 0 atom stereocenters. The van der Waals surface area contributed by atoms with Gasteiger partial charge in [-0.3, -0.25) is 5.43 Å². The van der Waals surface area contributed by atoms with Gasteiger partial charge in [-0.25, -0.2) is 0 Å². The maximum atomic E-state index is 4.39. The molecule has 2 aromatic carbocycles. The van der Waals surface area contributed by atoms with Crippen molar-refractivity contribution in [3.63, 3.8) is 0 Å². The van der Waals surface area contributed by atoms with Crippen LogP contribution in [-0.2, 0) is 0 Å². The van der Waals surface area contributed by atoms with Crippen LogP contribution in [0.2, 0.25) is 0 Å². The van der Waals surface area contributed by atoms with E-state index in [2.05, 4.69) is 44.7 Å². The van der Waals surface area contributed by atoms with Gasteiger partial charge in [0.1, 0.15) is 5.04 Å². The molecule has 1 N–H and O–H groups in total. The highest BCUT2D eigenvalue weighted by Crippen LogP contribution is 2.35. The van der Waals surface area contributed by atoms with E-state index >= 15 is 0 Å². The van der Waals surface area contributed by atoms with Gasteiger partial charge in [0.2, 0.25) is 0 Å². The quantitative estimate of drug-likeness (QED) is 0.848. The molecule has 1 heterocycles. The molecule has 0 spiro atoms. The summed E-state index contributed by atoms with van der Waals surface area (Å²) in [6.45, 7) is 0. The maximum absolute atomic E-state index is 4.39. The van der Waals surface area contributed by atoms with Gasteiger partial charge in [-0.15, -0.1) is 0 Å². The van der Waals surface area contributed by atoms with Gasteiger partial charge in [-0.1, -0.05) is 58.0 Å². The van der Waals surface area contributed by atoms with Crippen molar-refractivity contribution < 1.29 is 0 Å². The van der Waals surface area contributed by atoms with E-state index < -0.39 is 0 Å². The summed E-state index contributed by atoms with van der Waals surface area (Å²) in [6, 6.07) is 16.4. The molecule has 4 heteroatoms. The Morgan fingerprint density at radius 1 is 1.06 bits per heavy atom. The smallest absolute Gasteiger partial charge is 0.128 e. The minimum Gasteiger partial charge on any atom is -0.276 e. The van der Waals surface area contributed by atoms with Crippen molar-refractivity contribution in [2.24, 2.45) is 5.10 Å². The summed E-state index contributed by atoms with van der Waals surface area (Å²) in [5.41, 5.74) is 5.27. The van der Waals surface area contributed by atoms with Gasteiger partial charge in [0, 0.05) is 14.9 Å². The number of hydrogen-bond donors (Lipinski definition) is 1. The lowest BCUT2D eigenvalue weighted by Crippen LogP contribution is -2.06. The predicted octanol–water partition coefficient (Wildman–Crippen LogP) is 4.33. The van der Waals surface area contributed by atoms with Crippen molar-refractivity contribution in [2.75, 3.05) is 5.43 Å². The van der Waals surface area contributed by atoms with Crippen molar-refractivity contribution in [1.82, 2.24) is 0 Å². The second kappa shape index (κ2) is 4.55. The van der Waals surface area contributed by atoms with Crippen LogP contribution in [0.25, 0.3) is 0 Å². The third kappa shape index (κ3) is 2.23. The van der Waals surface area contributed by atoms with Crippen molar-refractivity contribution in [1.29, 1.82) is 0 Å². The topological polar surface area (TPSA) is 24.4 Å². The predicted molar refractivity (Wildman–Crippen MR) is 76.6 cm³/mol. The summed E-state index contributed by atoms with van der Waals surface area (Å²) in [4.78, 5) is 1.20. The number of hydrogen-bond acceptors (Lipinski definition) is 3. The Bertz CT molecular complexity index is 581. The monoisotopic (exact) mass is 304 g/mol. The Morgan fingerprint density at radius 3 is 2.71 bits per heavy atom. The second-order valence-electron chi connectivity index (χ2n) is 3.64. The first-order valence-electron chi connectivity index (χ1n) is 5.19. The standard InChI is InChI=1S/C13H9BrN2S/c14-10-6-7-12-11(8-10)15-16-13(17-12)9-4-2-1-3-5-9/h1-8,15H. The molecule has 0 saturated heterocycles. The van der Waals surface area contributed by atoms with Crippen molar-refractivity contribution in [2.45, 2.75) is 4.90 Å². The van der Waals surface area contributed by atoms with E-state index in [1.165, 1.54) is 4.90 Å². The van der Waals surface area contributed by atoms with Gasteiger partial charge in [-0.05, 0) is 18.2 Å². The van der Waals surface area contributed by atoms with Crippen LogP contribution in [0.1, 0.15) is 5.56 Å². The number of halogens is 1. The molecule has 0 aromatic heterocycles. The van der Waals surface area contributed by atoms with Crippen LogP contribution < -0.4 is 5.43 Å². The van der Waals surface area contributed by atoms with Crippen LogP contribution in [0.5, 0.6) is 0 Å². The first-order valence-corrected chi connectivity index (χ1v) is 6.80. The number of nitrogens with zero attached hydrogens (tertiary/aromatic N) is 1. The lowest BCUT2D eigenvalue weighted by atomic mass is 10.2. The molecule has 17 heavy (non-hydrogen) atoms. The third-order valence-electron chi connectivity index (χ3n) is 2.45. The summed E-state index contributed by atoms with van der Waals surface area (Å²) in [6.07, 6.45) is 0. The van der Waals surface area contributed by atoms with Crippen molar-refractivity contribution >= 4 is 38.4 Å². The van der Waals surface area contributed by atoms with E-state index in [0.29, 0.717) is 0 Å². The Morgan fingerprint density at radius 2 is 1.88 bits per heavy atom. The van der Waals surface area contributed by atoms with Crippen LogP contribution in [-0.4, -0.2) is 5.04 Å². The van der Waals surface area contributed by atoms with Gasteiger partial charge >= 0.3 is 0 Å². The van der Waals surface area contributed by atoms with Crippen LogP contribution in [0.3, 0.4) is 0 Å². The number of hydrazone groups is 1. The fourth-order valence-corrected chi connectivity index (χ4v) is 2.89. The number of benzene rings is 2. The van der Waals surface area contributed by atoms with Crippen LogP contribution in [0, 0.1) is 0 Å². The molecule has 1 aliphatic heterocycles. The molecule has 0 bridgehead atoms. The lowest BCUT2D eigenvalue weighted by Gasteiger charge is -2.16. The maximum Gasteiger partial charge on any atom is 0.128 e. The van der Waals surface area contributed by atoms with Crippen molar-refractivity contribution in [3.05, 3.63) is 58.6 Å². The van der Waals surface area contributed by atoms with Crippen LogP contribution >= 0.6 is 27.7 Å². The van der Waals surface area contributed by atoms with E-state index in [9.17, 15) is 0 Å². The zero-order valence-electron chi connectivity index (χ0n) is 8.85. The molecular formula is C13H9BrN2S. The van der Waals surface area contributed by atoms with E-state index in [1.807, 2.05) is 30.3 Å². The van der Waals surface area contributed by atoms with E-state index in [0.717, 1.165) is 20.8 Å². The number of fused-ring (bicyclic) bond motifs is 1. The van der Waals surface area contributed by atoms with Gasteiger partial charge < -0.3 is 0 Å². The van der Waals surface area contributed by atoms with Gasteiger partial charge in [0.05, 0.1) is 5.69 Å². The highest BCUT2D eigenvalue weighted by Gasteiger charge is 2.14. The molecular weight excluding hydrogens is 296 g/mol. The minimum absolute atomic E-state index is 1.00. The normalized spacial score (nSPS) is 13.6. The van der Waals surface area contributed by atoms with E-state index in [-0.39, 0.29) is 0 Å². The molecule has 3 rings (SSSR count). The van der Waals surface area contributed by atoms with Gasteiger partial charge in [0.15, 0.2) is 0 Å². The van der Waals surface area contributed by atoms with Crippen molar-refractivity contribution in [3.8, 4) is 0 Å². The van der Waals surface area contributed by atoms with Gasteiger partial charge in [-0.2, -0.15) is 5.10 Å². The molecule has 0 aliphatic carbocycles. The fourth-order valence-electron chi connectivity index (χ4n) is 1.62. The number of thioether (sulfide) groups is 1. The molecule has 84 valence electrons. The van der Waals surface area contributed by atoms with Crippen LogP contribution in [0.15, 0.2) is 63.0 Å². The molecule has 2 nitrogen and oxygen atoms in total. The Balaban J connectivity index is 1.95. The largest absolute Gasteiger partial charge is 0.276 e. The zero-order chi connectivity index (χ0) is 11.7. The molecule has 1 aliphatic rings. The average molecular weight is 305 g/mol. The third-order valence-corrected chi connectivity index (χ3v) is 4.04. The summed E-state index contributed by atoms with van der Waals surface area (Å²) >= 11 is 5.14. The first-order chi connectivity index (χ1) is 8.33. The molecule has 0 radical (unpaired) electrons. The van der Waals surface area contributed by atoms with Gasteiger partial charge in [0.25, 0.3) is 0 Å². The SMILES string of the molecule is Brc1ccc2c(c1)NN=C(c1ccccc1)S2. The van der Waals surface area contributed by atoms with Crippen LogP contribution in [0.4, 0.5) is 5.69 Å². The minimum atomic E-state index is 1.00. The first kappa shape index (κ1) is 10.9. The molecule has 0 amide bonds. The van der Waals surface area contributed by atoms with E-state index in [4.69, 9.17) is 0 Å². The molecule has 0 unspecified atom stereocenters. The highest BCUT2D eigenvalue weighted by atomic mass is 79.9. The number of anilines is 1. The molecule has 0 saturated carbocycles. The van der Waals surface area contributed by atoms with E-state index in [1.54, 1.807) is 11.8 Å². The summed E-state index contributed by atoms with van der Waals surface area (Å²) in [7, 11) is 0. The summed E-state index contributed by atoms with van der Waals surface area (Å²) in [5, 5.41) is 5.39. The lowest BCUT2D eigenvalue weighted by molar-refractivity contribution is 1.27. The Hall–Kier alpha value is -1.26. The Kier molecular flexibility index (Phi) is 2.91. The summed E-state index contributed by atoms with van der Waals surface area (Å²) in [5.74, 6) is 0. The Labute approximate surface area is 112 Å². The average Bonchev–Trinajstić information content (AvgIpc) is 2.39. The molecule has 2 aromatic rings. The second-order valence-corrected chi connectivity index (χ2v) is 5.58. The number of nitrogens with one attached hydrogen (secondary N) is 1. The fraction of sp³-hybridized carbons (Fsp3) is 0. The molecule has 0 fully saturated rings. The highest BCUT2D eigenvalue weighted by molar-refractivity contribution is 9.10.